The SMILES string of the molecule is CCCCCCCCCCCSC(CCCCCC)C(C)OC(CO)(C(=O)O)[P+](=O)OCCC. The number of unbranched alkanes of at least 4 members (excludes halogenated alkanes) is 11. The van der Waals surface area contributed by atoms with Gasteiger partial charge in [0.05, 0.1) is 6.10 Å². The number of carbonyl (C=O) groups is 1. The van der Waals surface area contributed by atoms with Crippen LogP contribution in [0.1, 0.15) is 124 Å². The number of carboxylic acid groups (broad SMARTS) is 1. The molecule has 2 N–H and O–H groups in total. The lowest BCUT2D eigenvalue weighted by molar-refractivity contribution is -0.164. The third-order valence-electron chi connectivity index (χ3n) is 6.08. The summed E-state index contributed by atoms with van der Waals surface area (Å²) in [5, 5.41) is 17.5. The Kier molecular flexibility index (Phi) is 21.9. The molecule has 0 aliphatic heterocycles. The van der Waals surface area contributed by atoms with Crippen molar-refractivity contribution in [1.29, 1.82) is 0 Å². The highest BCUT2D eigenvalue weighted by Crippen LogP contribution is 2.43. The van der Waals surface area contributed by atoms with Gasteiger partial charge >= 0.3 is 19.3 Å². The quantitative estimate of drug-likeness (QED) is 0.0926. The largest absolute Gasteiger partial charge is 0.559 e. The first-order chi connectivity index (χ1) is 16.4. The van der Waals surface area contributed by atoms with E-state index in [1.54, 1.807) is 0 Å². The predicted octanol–water partition coefficient (Wildman–Crippen LogP) is 7.94. The smallest absolute Gasteiger partial charge is 0.476 e. The molecule has 202 valence electrons. The molecule has 0 fully saturated rings. The summed E-state index contributed by atoms with van der Waals surface area (Å²) in [7, 11) is -2.71. The summed E-state index contributed by atoms with van der Waals surface area (Å²) >= 11 is 1.82. The van der Waals surface area contributed by atoms with Crippen LogP contribution in [0.5, 0.6) is 0 Å². The molecule has 0 saturated heterocycles. The molecule has 4 unspecified atom stereocenters. The topological polar surface area (TPSA) is 93.1 Å². The van der Waals surface area contributed by atoms with Crippen molar-refractivity contribution in [3.8, 4) is 0 Å². The van der Waals surface area contributed by atoms with Gasteiger partial charge < -0.3 is 14.9 Å². The molecule has 34 heavy (non-hydrogen) atoms. The van der Waals surface area contributed by atoms with E-state index in [2.05, 4.69) is 13.8 Å². The average Bonchev–Trinajstić information content (AvgIpc) is 2.82. The van der Waals surface area contributed by atoms with Gasteiger partial charge in [0, 0.05) is 5.25 Å². The minimum atomic E-state index is -2.71. The number of hydrogen-bond donors (Lipinski definition) is 2. The Balaban J connectivity index is 4.81. The van der Waals surface area contributed by atoms with Gasteiger partial charge in [0.15, 0.2) is 0 Å². The van der Waals surface area contributed by atoms with Crippen LogP contribution in [0.3, 0.4) is 0 Å². The number of rotatable bonds is 25. The maximum Gasteiger partial charge on any atom is 0.559 e. The molecule has 0 aromatic heterocycles. The van der Waals surface area contributed by atoms with E-state index in [0.29, 0.717) is 6.42 Å². The van der Waals surface area contributed by atoms with Crippen LogP contribution in [0.2, 0.25) is 0 Å². The molecule has 0 saturated carbocycles. The van der Waals surface area contributed by atoms with Gasteiger partial charge in [0.2, 0.25) is 0 Å². The molecule has 0 amide bonds. The van der Waals surface area contributed by atoms with E-state index in [1.165, 1.54) is 57.8 Å². The number of aliphatic carboxylic acids is 1. The predicted molar refractivity (Wildman–Crippen MR) is 144 cm³/mol. The monoisotopic (exact) mass is 523 g/mol. The van der Waals surface area contributed by atoms with Crippen LogP contribution in [-0.2, 0) is 18.6 Å². The fourth-order valence-electron chi connectivity index (χ4n) is 3.87. The first kappa shape index (κ1) is 33.8. The molecular weight excluding hydrogens is 471 g/mol. The van der Waals surface area contributed by atoms with Crippen molar-refractivity contribution < 1.29 is 28.8 Å². The second-order valence-electron chi connectivity index (χ2n) is 9.25. The van der Waals surface area contributed by atoms with Gasteiger partial charge in [-0.15, -0.1) is 4.52 Å². The first-order valence-electron chi connectivity index (χ1n) is 13.6. The number of aliphatic hydroxyl groups is 1. The molecule has 0 aromatic carbocycles. The second kappa shape index (κ2) is 22.0. The standard InChI is InChI=1S/C26H51O6PS/c1-5-8-10-12-13-14-15-16-18-21-34-24(19-17-11-9-6-2)23(4)32-26(22-27,25(28)29)33(30)31-20-7-3/h23-24,27H,5-22H2,1-4H3/p+1. The summed E-state index contributed by atoms with van der Waals surface area (Å²) in [6.07, 6.45) is 17.1. The molecule has 0 aromatic rings. The molecule has 0 aliphatic rings. The minimum absolute atomic E-state index is 0.0887. The van der Waals surface area contributed by atoms with Crippen molar-refractivity contribution in [2.45, 2.75) is 141 Å². The normalized spacial score (nSPS) is 15.6. The molecule has 0 radical (unpaired) electrons. The van der Waals surface area contributed by atoms with Crippen molar-refractivity contribution in [2.75, 3.05) is 19.0 Å². The molecule has 8 heteroatoms. The molecule has 0 bridgehead atoms. The minimum Gasteiger partial charge on any atom is -0.476 e. The summed E-state index contributed by atoms with van der Waals surface area (Å²) in [6, 6.07) is 0. The zero-order valence-corrected chi connectivity index (χ0v) is 24.0. The zero-order chi connectivity index (χ0) is 25.7. The summed E-state index contributed by atoms with van der Waals surface area (Å²) in [6.45, 7) is 7.39. The second-order valence-corrected chi connectivity index (χ2v) is 12.1. The molecule has 6 nitrogen and oxygen atoms in total. The van der Waals surface area contributed by atoms with Gasteiger partial charge in [-0.05, 0) is 36.5 Å². The van der Waals surface area contributed by atoms with Crippen LogP contribution in [0, 0.1) is 0 Å². The van der Waals surface area contributed by atoms with Crippen molar-refractivity contribution in [1.82, 2.24) is 0 Å². The first-order valence-corrected chi connectivity index (χ1v) is 15.9. The zero-order valence-electron chi connectivity index (χ0n) is 22.3. The summed E-state index contributed by atoms with van der Waals surface area (Å²) < 4.78 is 23.7. The molecular formula is C26H52O6PS+. The number of aliphatic hydroxyl groups excluding tert-OH is 1. The molecule has 0 spiro atoms. The van der Waals surface area contributed by atoms with E-state index in [1.807, 2.05) is 25.6 Å². The maximum atomic E-state index is 12.7. The average molecular weight is 524 g/mol. The van der Waals surface area contributed by atoms with Crippen molar-refractivity contribution >= 4 is 25.8 Å². The van der Waals surface area contributed by atoms with Crippen LogP contribution < -0.4 is 0 Å². The van der Waals surface area contributed by atoms with E-state index in [4.69, 9.17) is 9.26 Å². The highest BCUT2D eigenvalue weighted by Gasteiger charge is 2.62. The lowest BCUT2D eigenvalue weighted by Crippen LogP contribution is -2.46. The fourth-order valence-corrected chi connectivity index (χ4v) is 6.28. The third kappa shape index (κ3) is 14.4. The Bertz CT molecular complexity index is 522. The Morgan fingerprint density at radius 1 is 0.882 bits per heavy atom. The molecule has 0 rings (SSSR count). The lowest BCUT2D eigenvalue weighted by atomic mass is 10.1. The van der Waals surface area contributed by atoms with Gasteiger partial charge in [-0.2, -0.15) is 11.8 Å². The van der Waals surface area contributed by atoms with Crippen LogP contribution >= 0.6 is 19.8 Å². The molecule has 4 atom stereocenters. The lowest BCUT2D eigenvalue weighted by Gasteiger charge is -2.28. The van der Waals surface area contributed by atoms with Crippen molar-refractivity contribution in [3.63, 3.8) is 0 Å². The van der Waals surface area contributed by atoms with E-state index >= 15 is 0 Å². The summed E-state index contributed by atoms with van der Waals surface area (Å²) in [5.74, 6) is -0.438. The molecule has 0 aliphatic carbocycles. The number of hydrogen-bond acceptors (Lipinski definition) is 6. The Morgan fingerprint density at radius 3 is 1.91 bits per heavy atom. The maximum absolute atomic E-state index is 12.7. The fraction of sp³-hybridized carbons (Fsp3) is 0.962. The summed E-state index contributed by atoms with van der Waals surface area (Å²) in [5.41, 5.74) is 0. The van der Waals surface area contributed by atoms with Gasteiger partial charge in [-0.25, -0.2) is 4.79 Å². The van der Waals surface area contributed by atoms with Gasteiger partial charge in [0.1, 0.15) is 13.2 Å². The number of ether oxygens (including phenoxy) is 1. The van der Waals surface area contributed by atoms with Gasteiger partial charge in [-0.3, -0.25) is 0 Å². The highest BCUT2D eigenvalue weighted by atomic mass is 32.2. The van der Waals surface area contributed by atoms with Crippen LogP contribution in [0.25, 0.3) is 0 Å². The van der Waals surface area contributed by atoms with Crippen molar-refractivity contribution in [3.05, 3.63) is 0 Å². The Morgan fingerprint density at radius 2 is 1.41 bits per heavy atom. The van der Waals surface area contributed by atoms with E-state index in [9.17, 15) is 19.6 Å². The number of carboxylic acids is 1. The van der Waals surface area contributed by atoms with Gasteiger partial charge in [-0.1, -0.05) is 97.8 Å². The third-order valence-corrected chi connectivity index (χ3v) is 9.10. The summed E-state index contributed by atoms with van der Waals surface area (Å²) in [4.78, 5) is 12.0. The van der Waals surface area contributed by atoms with Crippen LogP contribution in [0.15, 0.2) is 0 Å². The Hall–Kier alpha value is -0.200. The van der Waals surface area contributed by atoms with Gasteiger partial charge in [0.25, 0.3) is 0 Å². The highest BCUT2D eigenvalue weighted by molar-refractivity contribution is 7.99. The van der Waals surface area contributed by atoms with Crippen LogP contribution in [0.4, 0.5) is 0 Å². The van der Waals surface area contributed by atoms with E-state index in [-0.39, 0.29) is 11.9 Å². The van der Waals surface area contributed by atoms with Crippen LogP contribution in [-0.4, -0.2) is 51.8 Å². The van der Waals surface area contributed by atoms with E-state index < -0.39 is 32.1 Å². The Labute approximate surface area is 214 Å². The molecule has 0 heterocycles. The number of thioether (sulfide) groups is 1. The van der Waals surface area contributed by atoms with E-state index in [0.717, 1.165) is 37.9 Å². The van der Waals surface area contributed by atoms with Crippen molar-refractivity contribution in [2.24, 2.45) is 0 Å².